The van der Waals surface area contributed by atoms with E-state index in [0.29, 0.717) is 11.5 Å². The van der Waals surface area contributed by atoms with E-state index < -0.39 is 0 Å². The molecule has 0 bridgehead atoms. The average molecular weight is 483 g/mol. The summed E-state index contributed by atoms with van der Waals surface area (Å²) in [6.45, 7) is 5.84. The molecule has 1 N–H and O–H groups in total. The van der Waals surface area contributed by atoms with Crippen LogP contribution in [-0.2, 0) is 0 Å². The van der Waals surface area contributed by atoms with Gasteiger partial charge in [-0.15, -0.1) is 0 Å². The lowest BCUT2D eigenvalue weighted by molar-refractivity contribution is 0.0943. The van der Waals surface area contributed by atoms with Crippen LogP contribution in [-0.4, -0.2) is 53.9 Å². The molecule has 2 aromatic rings. The van der Waals surface area contributed by atoms with E-state index in [4.69, 9.17) is 4.99 Å². The highest BCUT2D eigenvalue weighted by Crippen LogP contribution is 2.24. The van der Waals surface area contributed by atoms with E-state index in [1.54, 1.807) is 0 Å². The summed E-state index contributed by atoms with van der Waals surface area (Å²) in [6, 6.07) is 16.3. The minimum Gasteiger partial charge on any atom is -0.340 e. The molecular weight excluding hydrogens is 452 g/mol. The second kappa shape index (κ2) is 10.4. The maximum Gasteiger partial charge on any atom is 0.258 e. The fourth-order valence-corrected chi connectivity index (χ4v) is 4.95. The Kier molecular flexibility index (Phi) is 7.41. The number of nitrogens with one attached hydrogen (secondary N) is 1. The highest BCUT2D eigenvalue weighted by Gasteiger charge is 2.27. The number of piperazine rings is 1. The van der Waals surface area contributed by atoms with E-state index in [-0.39, 0.29) is 5.91 Å². The van der Waals surface area contributed by atoms with Gasteiger partial charge in [0.1, 0.15) is 0 Å². The van der Waals surface area contributed by atoms with Crippen molar-refractivity contribution >= 4 is 33.5 Å². The fraction of sp³-hybridized carbons (Fsp3) is 0.440. The van der Waals surface area contributed by atoms with E-state index >= 15 is 0 Å². The lowest BCUT2D eigenvalue weighted by Crippen LogP contribution is -2.55. The van der Waals surface area contributed by atoms with E-state index in [2.05, 4.69) is 44.0 Å². The van der Waals surface area contributed by atoms with Gasteiger partial charge in [0.05, 0.1) is 5.69 Å². The van der Waals surface area contributed by atoms with E-state index in [1.807, 2.05) is 42.5 Å². The maximum absolute atomic E-state index is 13.0. The molecule has 2 aliphatic rings. The lowest BCUT2D eigenvalue weighted by Gasteiger charge is -2.41. The molecule has 31 heavy (non-hydrogen) atoms. The first-order valence-electron chi connectivity index (χ1n) is 11.3. The Morgan fingerprint density at radius 2 is 1.74 bits per heavy atom. The molecule has 6 heteroatoms. The van der Waals surface area contributed by atoms with Crippen molar-refractivity contribution in [2.45, 2.75) is 45.1 Å². The van der Waals surface area contributed by atoms with Crippen molar-refractivity contribution in [2.24, 2.45) is 4.99 Å². The predicted octanol–water partition coefficient (Wildman–Crippen LogP) is 5.13. The fourth-order valence-electron chi connectivity index (χ4n) is 4.55. The van der Waals surface area contributed by atoms with Crippen LogP contribution in [0.25, 0.3) is 0 Å². The van der Waals surface area contributed by atoms with Gasteiger partial charge in [-0.3, -0.25) is 15.0 Å². The van der Waals surface area contributed by atoms with Crippen molar-refractivity contribution in [3.8, 4) is 0 Å². The van der Waals surface area contributed by atoms with E-state index in [9.17, 15) is 4.79 Å². The second-order valence-electron chi connectivity index (χ2n) is 8.55. The molecule has 5 nitrogen and oxygen atoms in total. The van der Waals surface area contributed by atoms with Crippen molar-refractivity contribution in [1.29, 1.82) is 0 Å². The number of guanidine groups is 1. The van der Waals surface area contributed by atoms with Crippen molar-refractivity contribution in [2.75, 3.05) is 26.2 Å². The number of carbonyl (C=O) groups is 1. The number of halogens is 1. The molecule has 1 saturated carbocycles. The first kappa shape index (κ1) is 22.0. The average Bonchev–Trinajstić information content (AvgIpc) is 2.79. The molecule has 1 heterocycles. The van der Waals surface area contributed by atoms with Crippen LogP contribution >= 0.6 is 15.9 Å². The number of rotatable bonds is 3. The van der Waals surface area contributed by atoms with Gasteiger partial charge in [0.25, 0.3) is 5.91 Å². The molecule has 1 amide bonds. The third-order valence-electron chi connectivity index (χ3n) is 6.25. The molecule has 164 valence electrons. The Hall–Kier alpha value is -2.18. The van der Waals surface area contributed by atoms with Gasteiger partial charge < -0.3 is 4.90 Å². The van der Waals surface area contributed by atoms with Gasteiger partial charge in [-0.05, 0) is 55.7 Å². The van der Waals surface area contributed by atoms with Crippen LogP contribution in [0.15, 0.2) is 58.0 Å². The van der Waals surface area contributed by atoms with Gasteiger partial charge in [0.2, 0.25) is 5.96 Å². The summed E-state index contributed by atoms with van der Waals surface area (Å²) in [7, 11) is 0. The minimum absolute atomic E-state index is 0.137. The van der Waals surface area contributed by atoms with Crippen LogP contribution in [0.3, 0.4) is 0 Å². The zero-order chi connectivity index (χ0) is 21.6. The number of hydrogen-bond donors (Lipinski definition) is 1. The van der Waals surface area contributed by atoms with Gasteiger partial charge in [-0.2, -0.15) is 0 Å². The Bertz CT molecular complexity index is 931. The van der Waals surface area contributed by atoms with Crippen molar-refractivity contribution < 1.29 is 4.79 Å². The highest BCUT2D eigenvalue weighted by atomic mass is 79.9. The highest BCUT2D eigenvalue weighted by molar-refractivity contribution is 9.10. The largest absolute Gasteiger partial charge is 0.340 e. The molecular formula is C25H31BrN4O. The summed E-state index contributed by atoms with van der Waals surface area (Å²) in [6.07, 6.45) is 6.74. The van der Waals surface area contributed by atoms with Gasteiger partial charge in [0, 0.05) is 42.3 Å². The molecule has 0 unspecified atom stereocenters. The molecule has 4 rings (SSSR count). The van der Waals surface area contributed by atoms with E-state index in [0.717, 1.165) is 47.9 Å². The first-order chi connectivity index (χ1) is 15.1. The second-order valence-corrected chi connectivity index (χ2v) is 9.47. The van der Waals surface area contributed by atoms with Gasteiger partial charge in [0.15, 0.2) is 0 Å². The van der Waals surface area contributed by atoms with Crippen LogP contribution in [0, 0.1) is 6.92 Å². The Morgan fingerprint density at radius 1 is 1.00 bits per heavy atom. The summed E-state index contributed by atoms with van der Waals surface area (Å²) in [5.74, 6) is 0.501. The normalized spacial score (nSPS) is 18.8. The number of aryl methyl sites for hydroxylation is 1. The SMILES string of the molecule is Cc1cccc(N=C(NC(=O)c2cccc(Br)c2)N2CCN(C3CCCCC3)CC2)c1. The first-order valence-corrected chi connectivity index (χ1v) is 12.1. The third-order valence-corrected chi connectivity index (χ3v) is 6.75. The number of nitrogens with zero attached hydrogens (tertiary/aromatic N) is 3. The van der Waals surface area contributed by atoms with Crippen LogP contribution in [0.4, 0.5) is 5.69 Å². The number of hydrogen-bond acceptors (Lipinski definition) is 3. The third kappa shape index (κ3) is 5.95. The summed E-state index contributed by atoms with van der Waals surface area (Å²) in [5, 5.41) is 3.09. The number of carbonyl (C=O) groups excluding carboxylic acids is 1. The summed E-state index contributed by atoms with van der Waals surface area (Å²) in [5.41, 5.74) is 2.63. The molecule has 1 aliphatic heterocycles. The monoisotopic (exact) mass is 482 g/mol. The lowest BCUT2D eigenvalue weighted by atomic mass is 9.94. The minimum atomic E-state index is -0.137. The summed E-state index contributed by atoms with van der Waals surface area (Å²) < 4.78 is 0.887. The van der Waals surface area contributed by atoms with Crippen molar-refractivity contribution in [3.05, 3.63) is 64.1 Å². The number of aliphatic imine (C=N–C) groups is 1. The van der Waals surface area contributed by atoms with Crippen LogP contribution in [0.5, 0.6) is 0 Å². The molecule has 0 spiro atoms. The van der Waals surface area contributed by atoms with Crippen LogP contribution in [0.2, 0.25) is 0 Å². The van der Waals surface area contributed by atoms with Crippen molar-refractivity contribution in [1.82, 2.24) is 15.1 Å². The summed E-state index contributed by atoms with van der Waals surface area (Å²) >= 11 is 3.45. The topological polar surface area (TPSA) is 47.9 Å². The molecule has 0 radical (unpaired) electrons. The van der Waals surface area contributed by atoms with Crippen molar-refractivity contribution in [3.63, 3.8) is 0 Å². The van der Waals surface area contributed by atoms with Gasteiger partial charge >= 0.3 is 0 Å². The summed E-state index contributed by atoms with van der Waals surface area (Å²) in [4.78, 5) is 22.7. The Balaban J connectivity index is 1.50. The molecule has 0 aromatic heterocycles. The molecule has 1 saturated heterocycles. The molecule has 2 aromatic carbocycles. The standard InChI is InChI=1S/C25H31BrN4O/c1-19-7-5-10-22(17-19)27-25(28-24(31)20-8-6-9-21(26)18-20)30-15-13-29(14-16-30)23-11-3-2-4-12-23/h5-10,17-18,23H,2-4,11-16H2,1H3,(H,27,28,31). The molecule has 2 fully saturated rings. The van der Waals surface area contributed by atoms with Crippen LogP contribution < -0.4 is 5.32 Å². The zero-order valence-corrected chi connectivity index (χ0v) is 19.8. The van der Waals surface area contributed by atoms with E-state index in [1.165, 1.54) is 32.1 Å². The predicted molar refractivity (Wildman–Crippen MR) is 130 cm³/mol. The van der Waals surface area contributed by atoms with Gasteiger partial charge in [-0.25, -0.2) is 4.99 Å². The van der Waals surface area contributed by atoms with Gasteiger partial charge in [-0.1, -0.05) is 53.4 Å². The number of amides is 1. The van der Waals surface area contributed by atoms with Crippen LogP contribution in [0.1, 0.15) is 48.0 Å². The smallest absolute Gasteiger partial charge is 0.258 e. The quantitative estimate of drug-likeness (QED) is 0.487. The maximum atomic E-state index is 13.0. The Labute approximate surface area is 193 Å². The Morgan fingerprint density at radius 3 is 2.45 bits per heavy atom. The molecule has 0 atom stereocenters. The zero-order valence-electron chi connectivity index (χ0n) is 18.2. The number of benzene rings is 2. The molecule has 1 aliphatic carbocycles.